The number of β-amino-alcohol motifs (C(OH)–C–C–N with tert-alkyl or cyclic N) is 1. The van der Waals surface area contributed by atoms with Crippen LogP contribution in [0.2, 0.25) is 0 Å². The van der Waals surface area contributed by atoms with Crippen molar-refractivity contribution in [2.24, 2.45) is 0 Å². The van der Waals surface area contributed by atoms with Gasteiger partial charge in [0, 0.05) is 24.0 Å². The maximum absolute atomic E-state index is 13.0. The van der Waals surface area contributed by atoms with Crippen LogP contribution < -0.4 is 0 Å². The van der Waals surface area contributed by atoms with Gasteiger partial charge in [-0.3, -0.25) is 9.69 Å². The molecule has 4 nitrogen and oxygen atoms in total. The van der Waals surface area contributed by atoms with Crippen LogP contribution in [-0.4, -0.2) is 46.5 Å². The number of nitrogens with one attached hydrogen (secondary N) is 1. The predicted octanol–water partition coefficient (Wildman–Crippen LogP) is 3.08. The quantitative estimate of drug-likeness (QED) is 0.726. The van der Waals surface area contributed by atoms with E-state index >= 15 is 0 Å². The summed E-state index contributed by atoms with van der Waals surface area (Å²) in [5, 5.41) is 10.6. The van der Waals surface area contributed by atoms with Gasteiger partial charge in [0.1, 0.15) is 0 Å². The maximum atomic E-state index is 13.0. The number of hydrogen-bond donors (Lipinski definition) is 2. The first-order valence-corrected chi connectivity index (χ1v) is 8.32. The summed E-state index contributed by atoms with van der Waals surface area (Å²) in [6.45, 7) is 1.70. The van der Waals surface area contributed by atoms with Crippen LogP contribution in [0.3, 0.4) is 0 Å². The number of aliphatic hydroxyl groups excluding tert-OH is 1. The zero-order chi connectivity index (χ0) is 16.5. The van der Waals surface area contributed by atoms with Gasteiger partial charge >= 0.3 is 0 Å². The molecule has 122 valence electrons. The van der Waals surface area contributed by atoms with E-state index in [1.165, 1.54) is 0 Å². The molecule has 1 fully saturated rings. The molecule has 4 heteroatoms. The lowest BCUT2D eigenvalue weighted by atomic mass is 10.0. The molecule has 2 heterocycles. The highest BCUT2D eigenvalue weighted by molar-refractivity contribution is 6.14. The van der Waals surface area contributed by atoms with Crippen LogP contribution in [0.15, 0.2) is 54.6 Å². The van der Waals surface area contributed by atoms with Crippen molar-refractivity contribution in [2.75, 3.05) is 19.6 Å². The standard InChI is InChI=1S/C20H20N2O2/c23-15-10-11-22(12-15)13-18(24)19-16-8-4-5-9-17(16)21-20(19)14-6-2-1-3-7-14/h1-9,15,21,23H,10-13H2. The predicted molar refractivity (Wildman–Crippen MR) is 95.1 cm³/mol. The van der Waals surface area contributed by atoms with E-state index in [1.807, 2.05) is 59.5 Å². The van der Waals surface area contributed by atoms with E-state index in [2.05, 4.69) is 4.98 Å². The minimum absolute atomic E-state index is 0.0976. The fourth-order valence-corrected chi connectivity index (χ4v) is 3.49. The van der Waals surface area contributed by atoms with Gasteiger partial charge in [-0.1, -0.05) is 48.5 Å². The molecule has 3 aromatic rings. The topological polar surface area (TPSA) is 56.3 Å². The van der Waals surface area contributed by atoms with Crippen molar-refractivity contribution in [1.82, 2.24) is 9.88 Å². The van der Waals surface area contributed by atoms with Gasteiger partial charge in [-0.15, -0.1) is 0 Å². The third kappa shape index (κ3) is 2.75. The van der Waals surface area contributed by atoms with Crippen LogP contribution in [0.5, 0.6) is 0 Å². The fourth-order valence-electron chi connectivity index (χ4n) is 3.49. The first kappa shape index (κ1) is 15.1. The molecule has 1 atom stereocenters. The number of rotatable bonds is 4. The van der Waals surface area contributed by atoms with Crippen molar-refractivity contribution in [1.29, 1.82) is 0 Å². The number of benzene rings is 2. The van der Waals surface area contributed by atoms with Gasteiger partial charge in [0.25, 0.3) is 0 Å². The van der Waals surface area contributed by atoms with E-state index in [0.29, 0.717) is 13.1 Å². The summed E-state index contributed by atoms with van der Waals surface area (Å²) < 4.78 is 0. The molecule has 0 bridgehead atoms. The SMILES string of the molecule is O=C(CN1CCC(O)C1)c1c(-c2ccccc2)[nH]c2ccccc12. The number of nitrogens with zero attached hydrogens (tertiary/aromatic N) is 1. The number of para-hydroxylation sites is 1. The molecule has 24 heavy (non-hydrogen) atoms. The van der Waals surface area contributed by atoms with E-state index in [-0.39, 0.29) is 11.9 Å². The molecule has 4 rings (SSSR count). The van der Waals surface area contributed by atoms with Crippen molar-refractivity contribution in [3.63, 3.8) is 0 Å². The van der Waals surface area contributed by atoms with Crippen LogP contribution in [-0.2, 0) is 0 Å². The third-order valence-corrected chi connectivity index (χ3v) is 4.66. The van der Waals surface area contributed by atoms with Crippen LogP contribution in [0.1, 0.15) is 16.8 Å². The average Bonchev–Trinajstić information content (AvgIpc) is 3.19. The average molecular weight is 320 g/mol. The van der Waals surface area contributed by atoms with Gasteiger partial charge < -0.3 is 10.1 Å². The Bertz CT molecular complexity index is 870. The molecule has 1 aliphatic heterocycles. The summed E-state index contributed by atoms with van der Waals surface area (Å²) in [6, 6.07) is 17.9. The van der Waals surface area contributed by atoms with Crippen LogP contribution >= 0.6 is 0 Å². The first-order valence-electron chi connectivity index (χ1n) is 8.32. The fraction of sp³-hybridized carbons (Fsp3) is 0.250. The van der Waals surface area contributed by atoms with Crippen LogP contribution in [0, 0.1) is 0 Å². The Morgan fingerprint density at radius 1 is 1.12 bits per heavy atom. The Labute approximate surface area is 140 Å². The van der Waals surface area contributed by atoms with E-state index in [0.717, 1.165) is 40.7 Å². The van der Waals surface area contributed by atoms with Gasteiger partial charge in [-0.25, -0.2) is 0 Å². The number of fused-ring (bicyclic) bond motifs is 1. The molecule has 0 spiro atoms. The van der Waals surface area contributed by atoms with Crippen molar-refractivity contribution in [2.45, 2.75) is 12.5 Å². The summed E-state index contributed by atoms with van der Waals surface area (Å²) >= 11 is 0. The molecule has 0 amide bonds. The molecule has 1 unspecified atom stereocenters. The minimum atomic E-state index is -0.311. The van der Waals surface area contributed by atoms with Crippen molar-refractivity contribution < 1.29 is 9.90 Å². The lowest BCUT2D eigenvalue weighted by Crippen LogP contribution is -2.28. The number of aromatic nitrogens is 1. The molecular weight excluding hydrogens is 300 g/mol. The molecule has 0 aliphatic carbocycles. The number of aliphatic hydroxyl groups is 1. The molecule has 2 aromatic carbocycles. The number of aromatic amines is 1. The highest BCUT2D eigenvalue weighted by Crippen LogP contribution is 2.31. The largest absolute Gasteiger partial charge is 0.392 e. The Hall–Kier alpha value is -2.43. The minimum Gasteiger partial charge on any atom is -0.392 e. The van der Waals surface area contributed by atoms with E-state index in [9.17, 15) is 9.90 Å². The molecular formula is C20H20N2O2. The Kier molecular flexibility index (Phi) is 3.92. The number of carbonyl (C=O) groups is 1. The second-order valence-corrected chi connectivity index (χ2v) is 6.39. The smallest absolute Gasteiger partial charge is 0.179 e. The molecule has 2 N–H and O–H groups in total. The Balaban J connectivity index is 1.76. The Morgan fingerprint density at radius 2 is 1.88 bits per heavy atom. The van der Waals surface area contributed by atoms with E-state index in [4.69, 9.17) is 0 Å². The molecule has 0 radical (unpaired) electrons. The molecule has 0 saturated carbocycles. The van der Waals surface area contributed by atoms with Crippen LogP contribution in [0.4, 0.5) is 0 Å². The van der Waals surface area contributed by atoms with E-state index in [1.54, 1.807) is 0 Å². The van der Waals surface area contributed by atoms with Crippen molar-refractivity contribution in [3.05, 3.63) is 60.2 Å². The zero-order valence-electron chi connectivity index (χ0n) is 13.4. The van der Waals surface area contributed by atoms with E-state index < -0.39 is 0 Å². The monoisotopic (exact) mass is 320 g/mol. The van der Waals surface area contributed by atoms with Crippen LogP contribution in [0.25, 0.3) is 22.2 Å². The first-order chi connectivity index (χ1) is 11.7. The van der Waals surface area contributed by atoms with Gasteiger partial charge in [-0.05, 0) is 18.1 Å². The van der Waals surface area contributed by atoms with Gasteiger partial charge in [-0.2, -0.15) is 0 Å². The summed E-state index contributed by atoms with van der Waals surface area (Å²) in [4.78, 5) is 18.5. The Morgan fingerprint density at radius 3 is 2.62 bits per heavy atom. The normalized spacial score (nSPS) is 18.3. The lowest BCUT2D eigenvalue weighted by Gasteiger charge is -2.14. The van der Waals surface area contributed by atoms with Crippen molar-refractivity contribution >= 4 is 16.7 Å². The highest BCUT2D eigenvalue weighted by atomic mass is 16.3. The van der Waals surface area contributed by atoms with Gasteiger partial charge in [0.15, 0.2) is 5.78 Å². The molecule has 1 aliphatic rings. The second-order valence-electron chi connectivity index (χ2n) is 6.39. The number of ketones is 1. The summed E-state index contributed by atoms with van der Waals surface area (Å²) in [6.07, 6.45) is 0.432. The summed E-state index contributed by atoms with van der Waals surface area (Å²) in [5.74, 6) is 0.0976. The highest BCUT2D eigenvalue weighted by Gasteiger charge is 2.25. The van der Waals surface area contributed by atoms with Crippen molar-refractivity contribution in [3.8, 4) is 11.3 Å². The number of H-pyrrole nitrogens is 1. The number of likely N-dealkylation sites (tertiary alicyclic amines) is 1. The third-order valence-electron chi connectivity index (χ3n) is 4.66. The lowest BCUT2D eigenvalue weighted by molar-refractivity contribution is 0.0937. The maximum Gasteiger partial charge on any atom is 0.179 e. The molecule has 1 aromatic heterocycles. The zero-order valence-corrected chi connectivity index (χ0v) is 13.4. The summed E-state index contributed by atoms with van der Waals surface area (Å²) in [7, 11) is 0. The van der Waals surface area contributed by atoms with Gasteiger partial charge in [0.05, 0.1) is 23.9 Å². The number of hydrogen-bond acceptors (Lipinski definition) is 3. The second kappa shape index (κ2) is 6.23. The number of Topliss-reactive ketones (excluding diaryl/α,β-unsaturated/α-hetero) is 1. The summed E-state index contributed by atoms with van der Waals surface area (Å²) in [5.41, 5.74) is 3.61. The number of carbonyl (C=O) groups excluding carboxylic acids is 1. The van der Waals surface area contributed by atoms with Gasteiger partial charge in [0.2, 0.25) is 0 Å². The molecule has 1 saturated heterocycles.